The van der Waals surface area contributed by atoms with E-state index in [1.54, 1.807) is 11.1 Å². The summed E-state index contributed by atoms with van der Waals surface area (Å²) in [5, 5.41) is 5.08. The maximum Gasteiger partial charge on any atom is 0.0540 e. The summed E-state index contributed by atoms with van der Waals surface area (Å²) in [5.74, 6) is 1.57. The van der Waals surface area contributed by atoms with E-state index in [2.05, 4.69) is 254 Å². The second-order valence-corrected chi connectivity index (χ2v) is 20.0. The molecule has 3 atom stereocenters. The molecule has 11 aromatic carbocycles. The van der Waals surface area contributed by atoms with Crippen LogP contribution < -0.4 is 4.90 Å². The number of hydrogen-bond acceptors (Lipinski definition) is 1. The first kappa shape index (κ1) is 40.8. The van der Waals surface area contributed by atoms with E-state index in [-0.39, 0.29) is 5.41 Å². The third kappa shape index (κ3) is 6.45. The van der Waals surface area contributed by atoms with Crippen molar-refractivity contribution in [3.63, 3.8) is 0 Å². The molecule has 1 spiro atoms. The highest BCUT2D eigenvalue weighted by Gasteiger charge is 2.56. The van der Waals surface area contributed by atoms with Crippen molar-refractivity contribution in [1.29, 1.82) is 0 Å². The van der Waals surface area contributed by atoms with Crippen molar-refractivity contribution in [3.05, 3.63) is 260 Å². The summed E-state index contributed by atoms with van der Waals surface area (Å²) in [4.78, 5) is 2.46. The Balaban J connectivity index is 0.906. The van der Waals surface area contributed by atoms with Crippen molar-refractivity contribution in [2.24, 2.45) is 11.8 Å². The highest BCUT2D eigenvalue weighted by atomic mass is 15.1. The van der Waals surface area contributed by atoms with Crippen LogP contribution in [0.4, 0.5) is 17.1 Å². The maximum absolute atomic E-state index is 2.57. The predicted octanol–water partition coefficient (Wildman–Crippen LogP) is 18.9. The molecule has 0 heterocycles. The van der Waals surface area contributed by atoms with Crippen molar-refractivity contribution in [3.8, 4) is 66.8 Å². The molecule has 2 saturated carbocycles. The summed E-state index contributed by atoms with van der Waals surface area (Å²) in [6.45, 7) is 0. The van der Waals surface area contributed by atoms with Gasteiger partial charge in [-0.2, -0.15) is 0 Å². The maximum atomic E-state index is 2.57. The minimum atomic E-state index is 0.147. The van der Waals surface area contributed by atoms with E-state index in [0.29, 0.717) is 0 Å². The Morgan fingerprint density at radius 3 is 1.57 bits per heavy atom. The molecular weight excluding hydrogens is 843 g/mol. The topological polar surface area (TPSA) is 3.24 Å². The van der Waals surface area contributed by atoms with Crippen LogP contribution in [0.5, 0.6) is 0 Å². The molecular formula is C69H51N. The first-order valence-electron chi connectivity index (χ1n) is 25.2. The van der Waals surface area contributed by atoms with Crippen molar-refractivity contribution >= 4 is 38.6 Å². The van der Waals surface area contributed by atoms with Crippen LogP contribution in [0.3, 0.4) is 0 Å². The lowest BCUT2D eigenvalue weighted by Crippen LogP contribution is -2.31. The zero-order valence-corrected chi connectivity index (χ0v) is 39.1. The Morgan fingerprint density at radius 2 is 0.857 bits per heavy atom. The molecule has 0 saturated heterocycles. The number of benzene rings is 11. The number of anilines is 3. The van der Waals surface area contributed by atoms with Crippen molar-refractivity contribution < 1.29 is 0 Å². The molecule has 2 fully saturated rings. The van der Waals surface area contributed by atoms with Gasteiger partial charge >= 0.3 is 0 Å². The first-order chi connectivity index (χ1) is 34.7. The summed E-state index contributed by atoms with van der Waals surface area (Å²) in [5.41, 5.74) is 21.7. The van der Waals surface area contributed by atoms with Crippen LogP contribution in [0.2, 0.25) is 0 Å². The molecule has 0 N–H and O–H groups in total. The lowest BCUT2D eigenvalue weighted by molar-refractivity contribution is 0.327. The zero-order valence-electron chi connectivity index (χ0n) is 39.1. The number of fused-ring (bicyclic) bond motifs is 11. The van der Waals surface area contributed by atoms with E-state index in [4.69, 9.17) is 0 Å². The molecule has 11 aromatic rings. The Morgan fingerprint density at radius 1 is 0.329 bits per heavy atom. The molecule has 70 heavy (non-hydrogen) atoms. The second kappa shape index (κ2) is 16.5. The quantitative estimate of drug-likeness (QED) is 0.137. The van der Waals surface area contributed by atoms with Crippen LogP contribution in [-0.4, -0.2) is 0 Å². The summed E-state index contributed by atoms with van der Waals surface area (Å²) in [6, 6.07) is 92.7. The standard InChI is InChI=1S/C69H51N/c1-2-16-48(17-3-1)55-19-6-7-21-57(55)59-23-9-10-24-60(59)64-27-13-15-29-68(64)70(54-39-33-49(34-40-54)65-43-51-18-4-5-20-56(51)58-22-8-11-25-61(58)65)53-37-31-47(32-38-53)50-35-41-63-62-26-12-14-28-66(62)69(67(63)44-50)45-46-30-36-52(69)42-46/h1-29,31-35,37-41,43-44,46,52H,30,36,42,45H2. The molecule has 1 heteroatoms. The average Bonchev–Trinajstić information content (AvgIpc) is 4.14. The number of hydrogen-bond donors (Lipinski definition) is 0. The molecule has 3 aliphatic carbocycles. The van der Waals surface area contributed by atoms with Gasteiger partial charge in [-0.05, 0) is 167 Å². The van der Waals surface area contributed by atoms with Gasteiger partial charge in [-0.3, -0.25) is 0 Å². The van der Waals surface area contributed by atoms with Gasteiger partial charge in [0, 0.05) is 22.4 Å². The van der Waals surface area contributed by atoms with Crippen LogP contribution in [0.25, 0.3) is 88.3 Å². The highest BCUT2D eigenvalue weighted by Crippen LogP contribution is 2.66. The largest absolute Gasteiger partial charge is 0.310 e. The van der Waals surface area contributed by atoms with Gasteiger partial charge in [0.1, 0.15) is 0 Å². The van der Waals surface area contributed by atoms with Gasteiger partial charge in [-0.25, -0.2) is 0 Å². The van der Waals surface area contributed by atoms with Gasteiger partial charge in [0.15, 0.2) is 0 Å². The van der Waals surface area contributed by atoms with Crippen LogP contribution >= 0.6 is 0 Å². The molecule has 3 unspecified atom stereocenters. The van der Waals surface area contributed by atoms with Gasteiger partial charge in [0.25, 0.3) is 0 Å². The molecule has 332 valence electrons. The lowest BCUT2D eigenvalue weighted by atomic mass is 9.66. The van der Waals surface area contributed by atoms with Gasteiger partial charge < -0.3 is 4.90 Å². The SMILES string of the molecule is c1ccc(-c2ccccc2-c2ccccc2-c2ccccc2N(c2ccc(-c3ccc4c(c3)C3(CC5CCC3C5)c3ccccc3-4)cc2)c2ccc(-c3cc4ccccc4c4ccccc34)cc2)cc1. The second-order valence-electron chi connectivity index (χ2n) is 20.0. The third-order valence-electron chi connectivity index (χ3n) is 16.4. The van der Waals surface area contributed by atoms with Crippen molar-refractivity contribution in [2.45, 2.75) is 31.1 Å². The summed E-state index contributed by atoms with van der Waals surface area (Å²) < 4.78 is 0. The number of para-hydroxylation sites is 1. The van der Waals surface area contributed by atoms with E-state index >= 15 is 0 Å². The van der Waals surface area contributed by atoms with Crippen LogP contribution in [0, 0.1) is 11.8 Å². The highest BCUT2D eigenvalue weighted by molar-refractivity contribution is 6.14. The minimum Gasteiger partial charge on any atom is -0.310 e. The van der Waals surface area contributed by atoms with Crippen molar-refractivity contribution in [1.82, 2.24) is 0 Å². The smallest absolute Gasteiger partial charge is 0.0540 e. The van der Waals surface area contributed by atoms with Gasteiger partial charge in [-0.1, -0.05) is 213 Å². The predicted molar refractivity (Wildman–Crippen MR) is 295 cm³/mol. The van der Waals surface area contributed by atoms with Gasteiger partial charge in [0.2, 0.25) is 0 Å². The minimum absolute atomic E-state index is 0.147. The number of nitrogens with zero attached hydrogens (tertiary/aromatic N) is 1. The Kier molecular flexibility index (Phi) is 9.59. The molecule has 3 aliphatic rings. The number of rotatable bonds is 8. The Bertz CT molecular complexity index is 3790. The molecule has 0 radical (unpaired) electrons. The summed E-state index contributed by atoms with van der Waals surface area (Å²) >= 11 is 0. The van der Waals surface area contributed by atoms with E-state index in [1.165, 1.54) is 114 Å². The fourth-order valence-electron chi connectivity index (χ4n) is 13.3. The molecule has 14 rings (SSSR count). The Labute approximate surface area is 411 Å². The van der Waals surface area contributed by atoms with E-state index < -0.39 is 0 Å². The molecule has 1 nitrogen and oxygen atoms in total. The summed E-state index contributed by atoms with van der Waals surface area (Å²) in [7, 11) is 0. The lowest BCUT2D eigenvalue weighted by Gasteiger charge is -2.36. The normalized spacial score (nSPS) is 17.5. The zero-order chi connectivity index (χ0) is 46.2. The van der Waals surface area contributed by atoms with Crippen LogP contribution in [0.15, 0.2) is 249 Å². The molecule has 2 bridgehead atoms. The van der Waals surface area contributed by atoms with Gasteiger partial charge in [-0.15, -0.1) is 0 Å². The molecule has 0 aliphatic heterocycles. The fraction of sp³-hybridized carbons (Fsp3) is 0.101. The first-order valence-corrected chi connectivity index (χ1v) is 25.2. The molecule has 0 aromatic heterocycles. The van der Waals surface area contributed by atoms with Crippen molar-refractivity contribution in [2.75, 3.05) is 4.90 Å². The molecule has 0 amide bonds. The van der Waals surface area contributed by atoms with Crippen LogP contribution in [0.1, 0.15) is 36.8 Å². The van der Waals surface area contributed by atoms with Crippen LogP contribution in [-0.2, 0) is 5.41 Å². The average molecular weight is 894 g/mol. The summed E-state index contributed by atoms with van der Waals surface area (Å²) in [6.07, 6.45) is 5.39. The monoisotopic (exact) mass is 893 g/mol. The Hall–Kier alpha value is -8.26. The van der Waals surface area contributed by atoms with E-state index in [1.807, 2.05) is 0 Å². The fourth-order valence-corrected chi connectivity index (χ4v) is 13.3. The van der Waals surface area contributed by atoms with Gasteiger partial charge in [0.05, 0.1) is 5.69 Å². The third-order valence-corrected chi connectivity index (χ3v) is 16.4. The van der Waals surface area contributed by atoms with E-state index in [0.717, 1.165) is 28.9 Å². The van der Waals surface area contributed by atoms with E-state index in [9.17, 15) is 0 Å².